The monoisotopic (exact) mass is 354 g/mol. The third-order valence-electron chi connectivity index (χ3n) is 3.11. The minimum absolute atomic E-state index is 0.387. The molecule has 5 heteroatoms. The van der Waals surface area contributed by atoms with E-state index < -0.39 is 0 Å². The molecule has 0 N–H and O–H groups in total. The molecule has 0 unspecified atom stereocenters. The first-order chi connectivity index (χ1) is 12.5. The first-order valence-corrected chi connectivity index (χ1v) is 7.45. The molecule has 26 heavy (non-hydrogen) atoms. The summed E-state index contributed by atoms with van der Waals surface area (Å²) in [5.74, 6) is -0.776. The molecule has 0 aliphatic heterocycles. The van der Waals surface area contributed by atoms with Crippen LogP contribution >= 0.6 is 0 Å². The number of benzene rings is 2. The van der Waals surface area contributed by atoms with Gasteiger partial charge in [-0.2, -0.15) is 0 Å². The highest BCUT2D eigenvalue weighted by molar-refractivity contribution is 6.15. The van der Waals surface area contributed by atoms with Crippen LogP contribution in [0.3, 0.4) is 0 Å². The van der Waals surface area contributed by atoms with E-state index in [1.165, 1.54) is 14.2 Å². The van der Waals surface area contributed by atoms with Crippen LogP contribution in [0.1, 0.15) is 11.1 Å². The minimum Gasteiger partial charge on any atom is -0.465 e. The second-order valence-electron chi connectivity index (χ2n) is 4.67. The largest absolute Gasteiger partial charge is 0.465 e. The molecule has 0 fully saturated rings. The highest BCUT2D eigenvalue weighted by Crippen LogP contribution is 2.13. The van der Waals surface area contributed by atoms with Crippen molar-refractivity contribution in [2.75, 3.05) is 14.2 Å². The Morgan fingerprint density at radius 3 is 1.15 bits per heavy atom. The number of rotatable bonds is 4. The van der Waals surface area contributed by atoms with E-state index >= 15 is 0 Å². The zero-order valence-electron chi connectivity index (χ0n) is 14.9. The Balaban J connectivity index is 0.000000439. The molecule has 0 radical (unpaired) electrons. The van der Waals surface area contributed by atoms with E-state index in [1.54, 1.807) is 0 Å². The van der Waals surface area contributed by atoms with Crippen LogP contribution in [0.25, 0.3) is 11.1 Å². The van der Waals surface area contributed by atoms with Gasteiger partial charge in [0.05, 0.1) is 25.4 Å². The van der Waals surface area contributed by atoms with Crippen molar-refractivity contribution in [3.8, 4) is 0 Å². The molecule has 5 nitrogen and oxygen atoms in total. The molecular formula is C21H22O5. The molecule has 0 aliphatic rings. The zero-order chi connectivity index (χ0) is 19.9. The van der Waals surface area contributed by atoms with Crippen LogP contribution in [0, 0.1) is 0 Å². The zero-order valence-corrected chi connectivity index (χ0v) is 14.9. The molecule has 0 atom stereocenters. The summed E-state index contributed by atoms with van der Waals surface area (Å²) < 4.78 is 9.06. The lowest BCUT2D eigenvalue weighted by atomic mass is 10.1. The average molecular weight is 354 g/mol. The Kier molecular flexibility index (Phi) is 11.2. The lowest BCUT2D eigenvalue weighted by molar-refractivity contribution is -0.134. The second kappa shape index (κ2) is 12.9. The maximum Gasteiger partial charge on any atom is 0.337 e. The van der Waals surface area contributed by atoms with Crippen LogP contribution < -0.4 is 0 Å². The van der Waals surface area contributed by atoms with Crippen molar-refractivity contribution in [2.24, 2.45) is 0 Å². The van der Waals surface area contributed by atoms with Crippen molar-refractivity contribution in [3.63, 3.8) is 0 Å². The first kappa shape index (κ1) is 22.5. The van der Waals surface area contributed by atoms with Crippen molar-refractivity contribution in [1.82, 2.24) is 0 Å². The number of hydrogen-bond acceptors (Lipinski definition) is 5. The molecule has 0 spiro atoms. The quantitative estimate of drug-likeness (QED) is 0.620. The predicted molar refractivity (Wildman–Crippen MR) is 102 cm³/mol. The summed E-state index contributed by atoms with van der Waals surface area (Å²) in [6.07, 6.45) is 0. The number of carbonyl (C=O) groups is 3. The molecule has 0 saturated heterocycles. The van der Waals surface area contributed by atoms with Gasteiger partial charge in [0.15, 0.2) is 0 Å². The standard InChI is InChI=1S/2C10H10O2.CH2O/c2*1-8(10(11)12-2)9-6-4-3-5-7-9;1-2/h2*3-7H,1H2,2H3;1H2. The van der Waals surface area contributed by atoms with Gasteiger partial charge in [0.2, 0.25) is 0 Å². The lowest BCUT2D eigenvalue weighted by Gasteiger charge is -2.01. The molecule has 2 aromatic rings. The maximum atomic E-state index is 11.0. The van der Waals surface area contributed by atoms with Gasteiger partial charge in [-0.05, 0) is 11.1 Å². The van der Waals surface area contributed by atoms with Crippen molar-refractivity contribution in [3.05, 3.63) is 84.9 Å². The second-order valence-corrected chi connectivity index (χ2v) is 4.67. The Bertz CT molecular complexity index is 657. The van der Waals surface area contributed by atoms with Crippen LogP contribution in [0.2, 0.25) is 0 Å². The Morgan fingerprint density at radius 1 is 0.654 bits per heavy atom. The van der Waals surface area contributed by atoms with Gasteiger partial charge in [0.25, 0.3) is 0 Å². The van der Waals surface area contributed by atoms with E-state index in [0.29, 0.717) is 11.1 Å². The molecule has 0 aliphatic carbocycles. The molecule has 136 valence electrons. The topological polar surface area (TPSA) is 69.7 Å². The first-order valence-electron chi connectivity index (χ1n) is 7.45. The van der Waals surface area contributed by atoms with Gasteiger partial charge in [-0.1, -0.05) is 73.8 Å². The van der Waals surface area contributed by atoms with Gasteiger partial charge in [0, 0.05) is 0 Å². The van der Waals surface area contributed by atoms with Gasteiger partial charge < -0.3 is 14.3 Å². The fourth-order valence-electron chi connectivity index (χ4n) is 1.76. The van der Waals surface area contributed by atoms with Crippen LogP contribution in [-0.4, -0.2) is 32.9 Å². The maximum absolute atomic E-state index is 11.0. The number of ether oxygens (including phenoxy) is 2. The molecule has 0 bridgehead atoms. The van der Waals surface area contributed by atoms with Crippen molar-refractivity contribution >= 4 is 29.9 Å². The summed E-state index contributed by atoms with van der Waals surface area (Å²) in [7, 11) is 2.69. The van der Waals surface area contributed by atoms with Gasteiger partial charge >= 0.3 is 11.9 Å². The van der Waals surface area contributed by atoms with Gasteiger partial charge in [0.1, 0.15) is 6.79 Å². The minimum atomic E-state index is -0.388. The number of methoxy groups -OCH3 is 2. The summed E-state index contributed by atoms with van der Waals surface area (Å²) in [4.78, 5) is 30.0. The SMILES string of the molecule is C=C(C(=O)OC)c1ccccc1.C=C(C(=O)OC)c1ccccc1.C=O. The van der Waals surface area contributed by atoms with Crippen LogP contribution in [-0.2, 0) is 23.9 Å². The molecule has 0 heterocycles. The summed E-state index contributed by atoms with van der Waals surface area (Å²) in [6, 6.07) is 18.4. The summed E-state index contributed by atoms with van der Waals surface area (Å²) in [6.45, 7) is 9.24. The van der Waals surface area contributed by atoms with Gasteiger partial charge in [-0.15, -0.1) is 0 Å². The highest BCUT2D eigenvalue weighted by Gasteiger charge is 2.08. The smallest absolute Gasteiger partial charge is 0.337 e. The Morgan fingerprint density at radius 2 is 0.923 bits per heavy atom. The van der Waals surface area contributed by atoms with Crippen LogP contribution in [0.15, 0.2) is 73.8 Å². The molecule has 0 amide bonds. The van der Waals surface area contributed by atoms with Crippen molar-refractivity contribution in [1.29, 1.82) is 0 Å². The lowest BCUT2D eigenvalue weighted by Crippen LogP contribution is -2.01. The molecule has 0 aromatic heterocycles. The summed E-state index contributed by atoms with van der Waals surface area (Å²) in [5.41, 5.74) is 2.37. The van der Waals surface area contributed by atoms with Crippen molar-refractivity contribution < 1.29 is 23.9 Å². The number of carbonyl (C=O) groups excluding carboxylic acids is 3. The van der Waals surface area contributed by atoms with Gasteiger partial charge in [-0.3, -0.25) is 0 Å². The fourth-order valence-corrected chi connectivity index (χ4v) is 1.76. The van der Waals surface area contributed by atoms with Crippen molar-refractivity contribution in [2.45, 2.75) is 0 Å². The van der Waals surface area contributed by atoms with Crippen LogP contribution in [0.4, 0.5) is 0 Å². The number of esters is 2. The Labute approximate surface area is 153 Å². The van der Waals surface area contributed by atoms with E-state index in [0.717, 1.165) is 11.1 Å². The van der Waals surface area contributed by atoms with E-state index in [4.69, 9.17) is 4.79 Å². The highest BCUT2D eigenvalue weighted by atomic mass is 16.5. The molecule has 0 saturated carbocycles. The Hall–Kier alpha value is -3.47. The van der Waals surface area contributed by atoms with E-state index in [2.05, 4.69) is 22.6 Å². The normalized spacial score (nSPS) is 8.54. The summed E-state index contributed by atoms with van der Waals surface area (Å²) in [5, 5.41) is 0. The summed E-state index contributed by atoms with van der Waals surface area (Å²) >= 11 is 0. The molecular weight excluding hydrogens is 332 g/mol. The number of hydrogen-bond donors (Lipinski definition) is 0. The fraction of sp³-hybridized carbons (Fsp3) is 0.0952. The van der Waals surface area contributed by atoms with Crippen LogP contribution in [0.5, 0.6) is 0 Å². The predicted octanol–water partition coefficient (Wildman–Crippen LogP) is 3.56. The average Bonchev–Trinajstić information content (AvgIpc) is 2.74. The van der Waals surface area contributed by atoms with E-state index in [1.807, 2.05) is 67.5 Å². The van der Waals surface area contributed by atoms with Gasteiger partial charge in [-0.25, -0.2) is 9.59 Å². The third kappa shape index (κ3) is 7.40. The van der Waals surface area contributed by atoms with E-state index in [9.17, 15) is 9.59 Å². The molecule has 2 rings (SSSR count). The third-order valence-corrected chi connectivity index (χ3v) is 3.11. The van der Waals surface area contributed by atoms with E-state index in [-0.39, 0.29) is 11.9 Å². The molecule has 2 aromatic carbocycles.